The summed E-state index contributed by atoms with van der Waals surface area (Å²) >= 11 is 0. The molecule has 1 aliphatic carbocycles. The molecule has 1 saturated heterocycles. The maximum Gasteiger partial charge on any atom is 0.338 e. The molecule has 0 aromatic heterocycles. The van der Waals surface area contributed by atoms with E-state index < -0.39 is 0 Å². The summed E-state index contributed by atoms with van der Waals surface area (Å²) < 4.78 is 10.1. The predicted octanol–water partition coefficient (Wildman–Crippen LogP) is 1.12. The Hall–Kier alpha value is -0.570. The molecule has 2 aliphatic rings. The van der Waals surface area contributed by atoms with Crippen LogP contribution >= 0.6 is 0 Å². The molecule has 1 saturated carbocycles. The molecule has 3 nitrogen and oxygen atoms in total. The number of carbonyl (C=O) groups excluding carboxylic acids is 1. The molecule has 3 unspecified atom stereocenters. The highest BCUT2D eigenvalue weighted by atomic mass is 16.7. The van der Waals surface area contributed by atoms with Crippen molar-refractivity contribution in [3.8, 4) is 0 Å². The van der Waals surface area contributed by atoms with E-state index in [-0.39, 0.29) is 17.7 Å². The summed E-state index contributed by atoms with van der Waals surface area (Å²) in [5, 5.41) is 0. The molecule has 2 rings (SSSR count). The third-order valence-corrected chi connectivity index (χ3v) is 3.18. The molecule has 3 heteroatoms. The minimum Gasteiger partial charge on any atom is -0.467 e. The molecule has 0 amide bonds. The fourth-order valence-corrected chi connectivity index (χ4v) is 2.28. The third-order valence-electron chi connectivity index (χ3n) is 3.18. The van der Waals surface area contributed by atoms with Gasteiger partial charge in [-0.25, -0.2) is 4.79 Å². The van der Waals surface area contributed by atoms with Crippen molar-refractivity contribution in [3.05, 3.63) is 0 Å². The Bertz CT molecular complexity index is 214. The van der Waals surface area contributed by atoms with Crippen LogP contribution in [0.3, 0.4) is 0 Å². The number of ether oxygens (including phenoxy) is 2. The van der Waals surface area contributed by atoms with Crippen molar-refractivity contribution in [2.24, 2.45) is 5.92 Å². The van der Waals surface area contributed by atoms with Gasteiger partial charge in [-0.2, -0.15) is 0 Å². The van der Waals surface area contributed by atoms with Gasteiger partial charge in [0.25, 0.3) is 0 Å². The first-order valence-corrected chi connectivity index (χ1v) is 4.46. The van der Waals surface area contributed by atoms with Gasteiger partial charge in [-0.1, -0.05) is 13.3 Å². The van der Waals surface area contributed by atoms with Gasteiger partial charge in [0.15, 0.2) is 6.10 Å². The second-order valence-electron chi connectivity index (χ2n) is 3.77. The summed E-state index contributed by atoms with van der Waals surface area (Å²) in [5.41, 5.74) is -0.132. The minimum absolute atomic E-state index is 0.132. The lowest BCUT2D eigenvalue weighted by Gasteiger charge is -2.08. The predicted molar refractivity (Wildman–Crippen MR) is 42.6 cm³/mol. The van der Waals surface area contributed by atoms with Crippen LogP contribution < -0.4 is 0 Å². The van der Waals surface area contributed by atoms with Crippen LogP contribution in [0, 0.1) is 5.92 Å². The van der Waals surface area contributed by atoms with E-state index in [4.69, 9.17) is 4.74 Å². The standard InChI is InChI=1S/C9H14O3/c1-6-4-3-5-9(6)7(12-9)8(10)11-2/h6-7H,3-5H2,1-2H3. The van der Waals surface area contributed by atoms with Crippen molar-refractivity contribution >= 4 is 5.97 Å². The molecular weight excluding hydrogens is 156 g/mol. The van der Waals surface area contributed by atoms with E-state index in [0.717, 1.165) is 6.42 Å². The van der Waals surface area contributed by atoms with Gasteiger partial charge in [-0.3, -0.25) is 0 Å². The van der Waals surface area contributed by atoms with E-state index in [1.807, 2.05) is 0 Å². The first-order valence-electron chi connectivity index (χ1n) is 4.46. The molecule has 1 spiro atoms. The number of esters is 1. The summed E-state index contributed by atoms with van der Waals surface area (Å²) in [7, 11) is 1.41. The Labute approximate surface area is 72.0 Å². The molecule has 12 heavy (non-hydrogen) atoms. The lowest BCUT2D eigenvalue weighted by Crippen LogP contribution is -2.24. The first-order chi connectivity index (χ1) is 5.70. The summed E-state index contributed by atoms with van der Waals surface area (Å²) in [6, 6.07) is 0. The van der Waals surface area contributed by atoms with E-state index in [1.54, 1.807) is 0 Å². The lowest BCUT2D eigenvalue weighted by molar-refractivity contribution is -0.142. The SMILES string of the molecule is COC(=O)C1OC12CCCC2C. The van der Waals surface area contributed by atoms with Crippen LogP contribution in [0.4, 0.5) is 0 Å². The lowest BCUT2D eigenvalue weighted by atomic mass is 9.94. The third kappa shape index (κ3) is 0.891. The smallest absolute Gasteiger partial charge is 0.338 e. The van der Waals surface area contributed by atoms with Gasteiger partial charge >= 0.3 is 5.97 Å². The monoisotopic (exact) mass is 170 g/mol. The van der Waals surface area contributed by atoms with Gasteiger partial charge in [0.05, 0.1) is 7.11 Å². The Morgan fingerprint density at radius 2 is 2.42 bits per heavy atom. The number of carbonyl (C=O) groups is 1. The highest BCUT2D eigenvalue weighted by molar-refractivity contribution is 5.79. The number of hydrogen-bond donors (Lipinski definition) is 0. The Balaban J connectivity index is 2.04. The van der Waals surface area contributed by atoms with Gasteiger partial charge in [-0.05, 0) is 18.8 Å². The molecule has 0 aromatic carbocycles. The fraction of sp³-hybridized carbons (Fsp3) is 0.889. The Morgan fingerprint density at radius 1 is 1.67 bits per heavy atom. The molecular formula is C9H14O3. The van der Waals surface area contributed by atoms with Crippen LogP contribution in [-0.4, -0.2) is 24.8 Å². The quantitative estimate of drug-likeness (QED) is 0.437. The zero-order valence-electron chi connectivity index (χ0n) is 7.50. The number of methoxy groups -OCH3 is 1. The maximum absolute atomic E-state index is 11.1. The average Bonchev–Trinajstić information content (AvgIpc) is 2.68. The molecule has 1 heterocycles. The highest BCUT2D eigenvalue weighted by Gasteiger charge is 2.65. The Morgan fingerprint density at radius 3 is 2.92 bits per heavy atom. The largest absolute Gasteiger partial charge is 0.467 e. The molecule has 0 bridgehead atoms. The van der Waals surface area contributed by atoms with Crippen LogP contribution in [-0.2, 0) is 14.3 Å². The number of hydrogen-bond acceptors (Lipinski definition) is 3. The van der Waals surface area contributed by atoms with Crippen LogP contribution in [0.15, 0.2) is 0 Å². The van der Waals surface area contributed by atoms with Gasteiger partial charge in [-0.15, -0.1) is 0 Å². The van der Waals surface area contributed by atoms with E-state index >= 15 is 0 Å². The van der Waals surface area contributed by atoms with Crippen molar-refractivity contribution < 1.29 is 14.3 Å². The van der Waals surface area contributed by atoms with Crippen LogP contribution in [0.2, 0.25) is 0 Å². The maximum atomic E-state index is 11.1. The zero-order valence-corrected chi connectivity index (χ0v) is 7.50. The number of epoxide rings is 1. The number of rotatable bonds is 1. The van der Waals surface area contributed by atoms with Gasteiger partial charge in [0, 0.05) is 0 Å². The summed E-state index contributed by atoms with van der Waals surface area (Å²) in [6.07, 6.45) is 3.11. The van der Waals surface area contributed by atoms with Crippen LogP contribution in [0.1, 0.15) is 26.2 Å². The van der Waals surface area contributed by atoms with Gasteiger partial charge in [0.1, 0.15) is 5.60 Å². The zero-order chi connectivity index (χ0) is 8.77. The second kappa shape index (κ2) is 2.46. The average molecular weight is 170 g/mol. The molecule has 0 aromatic rings. The summed E-state index contributed by atoms with van der Waals surface area (Å²) in [5.74, 6) is 0.311. The molecule has 2 fully saturated rings. The second-order valence-corrected chi connectivity index (χ2v) is 3.77. The highest BCUT2D eigenvalue weighted by Crippen LogP contribution is 2.53. The molecule has 0 N–H and O–H groups in total. The van der Waals surface area contributed by atoms with Crippen molar-refractivity contribution in [1.29, 1.82) is 0 Å². The van der Waals surface area contributed by atoms with Gasteiger partial charge in [0.2, 0.25) is 0 Å². The Kier molecular flexibility index (Phi) is 1.65. The van der Waals surface area contributed by atoms with Crippen LogP contribution in [0.5, 0.6) is 0 Å². The molecule has 0 radical (unpaired) electrons. The fourth-order valence-electron chi connectivity index (χ4n) is 2.28. The van der Waals surface area contributed by atoms with Crippen molar-refractivity contribution in [2.75, 3.05) is 7.11 Å². The first kappa shape index (κ1) is 8.05. The van der Waals surface area contributed by atoms with Gasteiger partial charge < -0.3 is 9.47 Å². The minimum atomic E-state index is -0.264. The normalized spacial score (nSPS) is 44.8. The molecule has 3 atom stereocenters. The van der Waals surface area contributed by atoms with Crippen molar-refractivity contribution in [1.82, 2.24) is 0 Å². The summed E-state index contributed by atoms with van der Waals surface area (Å²) in [4.78, 5) is 11.1. The van der Waals surface area contributed by atoms with Crippen molar-refractivity contribution in [2.45, 2.75) is 37.9 Å². The van der Waals surface area contributed by atoms with E-state index in [9.17, 15) is 4.79 Å². The van der Waals surface area contributed by atoms with Crippen LogP contribution in [0.25, 0.3) is 0 Å². The molecule has 1 aliphatic heterocycles. The van der Waals surface area contributed by atoms with E-state index in [1.165, 1.54) is 20.0 Å². The molecule has 68 valence electrons. The van der Waals surface area contributed by atoms with E-state index in [0.29, 0.717) is 5.92 Å². The van der Waals surface area contributed by atoms with E-state index in [2.05, 4.69) is 11.7 Å². The topological polar surface area (TPSA) is 38.8 Å². The summed E-state index contributed by atoms with van der Waals surface area (Å²) in [6.45, 7) is 2.15. The van der Waals surface area contributed by atoms with Crippen molar-refractivity contribution in [3.63, 3.8) is 0 Å².